The van der Waals surface area contributed by atoms with Gasteiger partial charge in [-0.15, -0.1) is 13.2 Å². The normalized spacial score (nSPS) is 11.1. The van der Waals surface area contributed by atoms with Crippen molar-refractivity contribution in [2.24, 2.45) is 0 Å². The highest BCUT2D eigenvalue weighted by atomic mass is 19.4. The molecule has 0 amide bonds. The summed E-state index contributed by atoms with van der Waals surface area (Å²) in [6.07, 6.45) is -3.53. The first-order chi connectivity index (χ1) is 10.8. The molecule has 0 bridgehead atoms. The molecular weight excluding hydrogens is 317 g/mol. The van der Waals surface area contributed by atoms with Crippen LogP contribution in [0, 0.1) is 17.0 Å². The zero-order chi connectivity index (χ0) is 17.0. The van der Waals surface area contributed by atoms with Gasteiger partial charge >= 0.3 is 6.36 Å². The van der Waals surface area contributed by atoms with Gasteiger partial charge in [-0.1, -0.05) is 12.1 Å². The molecule has 6 nitrogen and oxygen atoms in total. The minimum atomic E-state index is -4.97. The molecule has 0 aliphatic carbocycles. The van der Waals surface area contributed by atoms with Crippen molar-refractivity contribution in [3.05, 3.63) is 57.8 Å². The van der Waals surface area contributed by atoms with Crippen molar-refractivity contribution in [3.63, 3.8) is 0 Å². The number of hydrogen-bond acceptors (Lipinski definition) is 5. The highest BCUT2D eigenvalue weighted by Crippen LogP contribution is 2.33. The molecule has 2 rings (SSSR count). The Morgan fingerprint density at radius 2 is 2.00 bits per heavy atom. The smallest absolute Gasteiger partial charge is 0.472 e. The van der Waals surface area contributed by atoms with Gasteiger partial charge in [-0.2, -0.15) is 0 Å². The van der Waals surface area contributed by atoms with E-state index in [1.807, 2.05) is 0 Å². The van der Waals surface area contributed by atoms with Crippen LogP contribution in [-0.4, -0.2) is 16.3 Å². The maximum Gasteiger partial charge on any atom is 0.573 e. The van der Waals surface area contributed by atoms with E-state index < -0.39 is 29.3 Å². The molecule has 0 saturated carbocycles. The highest BCUT2D eigenvalue weighted by molar-refractivity contribution is 5.49. The van der Waals surface area contributed by atoms with E-state index in [0.29, 0.717) is 5.56 Å². The molecule has 2 aromatic rings. The lowest BCUT2D eigenvalue weighted by molar-refractivity contribution is -0.386. The van der Waals surface area contributed by atoms with Gasteiger partial charge in [0.15, 0.2) is 0 Å². The first-order valence-corrected chi connectivity index (χ1v) is 6.34. The Kier molecular flexibility index (Phi) is 4.68. The van der Waals surface area contributed by atoms with E-state index in [9.17, 15) is 23.3 Å². The third-order valence-corrected chi connectivity index (χ3v) is 2.85. The number of aromatic nitrogens is 1. The van der Waals surface area contributed by atoms with E-state index in [1.165, 1.54) is 6.20 Å². The summed E-state index contributed by atoms with van der Waals surface area (Å²) in [6.45, 7) is 1.20. The molecule has 0 radical (unpaired) electrons. The van der Waals surface area contributed by atoms with Crippen LogP contribution in [0.25, 0.3) is 0 Å². The molecule has 0 unspecified atom stereocenters. The quantitative estimate of drug-likeness (QED) is 0.617. The summed E-state index contributed by atoms with van der Waals surface area (Å²) in [7, 11) is 0. The molecular formula is C14H11F3N2O4. The number of pyridine rings is 1. The fraction of sp³-hybridized carbons (Fsp3) is 0.214. The largest absolute Gasteiger partial charge is 0.573 e. The molecule has 9 heteroatoms. The number of nitro groups is 1. The minimum Gasteiger partial charge on any atom is -0.472 e. The Hall–Kier alpha value is -2.84. The van der Waals surface area contributed by atoms with Crippen LogP contribution >= 0.6 is 0 Å². The van der Waals surface area contributed by atoms with Gasteiger partial charge in [-0.25, -0.2) is 4.98 Å². The maximum absolute atomic E-state index is 12.4. The second-order valence-electron chi connectivity index (χ2n) is 4.47. The molecule has 1 aromatic heterocycles. The first kappa shape index (κ1) is 16.5. The van der Waals surface area contributed by atoms with Crippen LogP contribution in [0.15, 0.2) is 36.5 Å². The number of rotatable bonds is 5. The number of nitro benzene ring substituents is 1. The van der Waals surface area contributed by atoms with Crippen molar-refractivity contribution in [2.75, 3.05) is 0 Å². The molecule has 0 fully saturated rings. The average Bonchev–Trinajstić information content (AvgIpc) is 2.45. The summed E-state index contributed by atoms with van der Waals surface area (Å²) in [5, 5.41) is 11.0. The second-order valence-corrected chi connectivity index (χ2v) is 4.47. The van der Waals surface area contributed by atoms with Crippen molar-refractivity contribution in [2.45, 2.75) is 19.9 Å². The van der Waals surface area contributed by atoms with E-state index in [2.05, 4.69) is 9.72 Å². The van der Waals surface area contributed by atoms with E-state index >= 15 is 0 Å². The molecule has 122 valence electrons. The number of hydrogen-bond donors (Lipinski definition) is 0. The third-order valence-electron chi connectivity index (χ3n) is 2.85. The summed E-state index contributed by atoms with van der Waals surface area (Å²) < 4.78 is 46.5. The topological polar surface area (TPSA) is 74.5 Å². The van der Waals surface area contributed by atoms with Crippen LogP contribution in [0.3, 0.4) is 0 Å². The summed E-state index contributed by atoms with van der Waals surface area (Å²) in [6, 6.07) is 6.52. The van der Waals surface area contributed by atoms with Crippen LogP contribution in [0.4, 0.5) is 18.9 Å². The number of alkyl halides is 3. The molecule has 23 heavy (non-hydrogen) atoms. The summed E-state index contributed by atoms with van der Waals surface area (Å²) in [4.78, 5) is 14.1. The van der Waals surface area contributed by atoms with Gasteiger partial charge in [0, 0.05) is 17.8 Å². The summed E-state index contributed by atoms with van der Waals surface area (Å²) in [5.41, 5.74) is -0.204. The predicted octanol–water partition coefficient (Wildman–Crippen LogP) is 3.78. The third kappa shape index (κ3) is 4.31. The lowest BCUT2D eigenvalue weighted by atomic mass is 10.1. The number of nitrogens with zero attached hydrogens (tertiary/aromatic N) is 2. The van der Waals surface area contributed by atoms with Crippen LogP contribution in [0.1, 0.15) is 11.1 Å². The molecule has 0 spiro atoms. The molecule has 1 aromatic carbocycles. The van der Waals surface area contributed by atoms with Crippen molar-refractivity contribution >= 4 is 5.69 Å². The Labute approximate surface area is 128 Å². The lowest BCUT2D eigenvalue weighted by Gasteiger charge is -2.14. The Morgan fingerprint density at radius 3 is 2.61 bits per heavy atom. The second kappa shape index (κ2) is 6.51. The van der Waals surface area contributed by atoms with Crippen molar-refractivity contribution in [3.8, 4) is 11.6 Å². The highest BCUT2D eigenvalue weighted by Gasteiger charge is 2.34. The molecule has 0 aliphatic heterocycles. The van der Waals surface area contributed by atoms with Crippen molar-refractivity contribution in [1.82, 2.24) is 4.98 Å². The maximum atomic E-state index is 12.4. The number of ether oxygens (including phenoxy) is 2. The summed E-state index contributed by atoms with van der Waals surface area (Å²) >= 11 is 0. The molecule has 0 atom stereocenters. The van der Waals surface area contributed by atoms with Crippen molar-refractivity contribution in [1.29, 1.82) is 0 Å². The van der Waals surface area contributed by atoms with Crippen LogP contribution in [-0.2, 0) is 6.61 Å². The average molecular weight is 328 g/mol. The molecule has 0 aliphatic rings. The van der Waals surface area contributed by atoms with E-state index in [4.69, 9.17) is 4.74 Å². The van der Waals surface area contributed by atoms with Gasteiger partial charge in [0.25, 0.3) is 5.69 Å². The monoisotopic (exact) mass is 328 g/mol. The lowest BCUT2D eigenvalue weighted by Crippen LogP contribution is -2.19. The SMILES string of the molecule is Cc1cccnc1OCc1c(OC(F)(F)F)cccc1[N+](=O)[O-]. The Bertz CT molecular complexity index is 719. The molecule has 0 N–H and O–H groups in total. The Morgan fingerprint density at radius 1 is 1.26 bits per heavy atom. The van der Waals surface area contributed by atoms with Crippen LogP contribution < -0.4 is 9.47 Å². The van der Waals surface area contributed by atoms with E-state index in [1.54, 1.807) is 19.1 Å². The van der Waals surface area contributed by atoms with E-state index in [0.717, 1.165) is 18.2 Å². The molecule has 0 saturated heterocycles. The van der Waals surface area contributed by atoms with Crippen LogP contribution in [0.5, 0.6) is 11.6 Å². The Balaban J connectivity index is 2.34. The number of benzene rings is 1. The van der Waals surface area contributed by atoms with E-state index in [-0.39, 0.29) is 11.4 Å². The van der Waals surface area contributed by atoms with Gasteiger partial charge in [0.2, 0.25) is 5.88 Å². The fourth-order valence-corrected chi connectivity index (χ4v) is 1.85. The van der Waals surface area contributed by atoms with Gasteiger partial charge in [-0.05, 0) is 19.1 Å². The first-order valence-electron chi connectivity index (χ1n) is 6.34. The minimum absolute atomic E-state index is 0.170. The predicted molar refractivity (Wildman–Crippen MR) is 73.1 cm³/mol. The fourth-order valence-electron chi connectivity index (χ4n) is 1.85. The zero-order valence-electron chi connectivity index (χ0n) is 11.8. The number of aryl methyl sites for hydroxylation is 1. The van der Waals surface area contributed by atoms with Crippen molar-refractivity contribution < 1.29 is 27.6 Å². The van der Waals surface area contributed by atoms with Gasteiger partial charge in [0.1, 0.15) is 17.9 Å². The zero-order valence-corrected chi connectivity index (χ0v) is 11.8. The van der Waals surface area contributed by atoms with Crippen LogP contribution in [0.2, 0.25) is 0 Å². The standard InChI is InChI=1S/C14H11F3N2O4/c1-9-4-3-7-18-13(9)22-8-10-11(19(20)21)5-2-6-12(10)23-14(15,16)17/h2-7H,8H2,1H3. The van der Waals surface area contributed by atoms with Gasteiger partial charge in [-0.3, -0.25) is 10.1 Å². The summed E-state index contributed by atoms with van der Waals surface area (Å²) in [5.74, 6) is -0.510. The van der Waals surface area contributed by atoms with Gasteiger partial charge in [0.05, 0.1) is 4.92 Å². The van der Waals surface area contributed by atoms with Gasteiger partial charge < -0.3 is 9.47 Å². The molecule has 1 heterocycles. The number of halogens is 3.